The molecule has 0 saturated carbocycles. The molecule has 9 aromatic rings. The predicted octanol–water partition coefficient (Wildman–Crippen LogP) is 12.7. The minimum atomic E-state index is 0.778. The summed E-state index contributed by atoms with van der Waals surface area (Å²) < 4.78 is 0. The Morgan fingerprint density at radius 3 is 1.17 bits per heavy atom. The fraction of sp³-hybridized carbons (Fsp3) is 0.0204. The summed E-state index contributed by atoms with van der Waals surface area (Å²) in [6, 6.07) is 71.8. The van der Waals surface area contributed by atoms with Gasteiger partial charge >= 0.3 is 0 Å². The maximum absolute atomic E-state index is 6.05. The van der Waals surface area contributed by atoms with Gasteiger partial charge in [-0.1, -0.05) is 126 Å². The predicted molar refractivity (Wildman–Crippen MR) is 227 cm³/mol. The van der Waals surface area contributed by atoms with Gasteiger partial charge in [0.25, 0.3) is 0 Å². The van der Waals surface area contributed by atoms with Crippen LogP contribution in [0.25, 0.3) is 32.9 Å². The van der Waals surface area contributed by atoms with Crippen molar-refractivity contribution in [1.82, 2.24) is 4.98 Å². The maximum atomic E-state index is 6.05. The normalized spacial score (nSPS) is 10.8. The van der Waals surface area contributed by atoms with Crippen LogP contribution in [0.4, 0.5) is 34.1 Å². The van der Waals surface area contributed by atoms with Crippen LogP contribution in [0.5, 0.6) is 0 Å². The number of aryl methyl sites for hydroxylation is 1. The Morgan fingerprint density at radius 2 is 0.717 bits per heavy atom. The van der Waals surface area contributed by atoms with Crippen LogP contribution in [-0.4, -0.2) is 12.8 Å². The van der Waals surface area contributed by atoms with E-state index in [4.69, 9.17) is 7.85 Å². The number of aromatic nitrogens is 1. The van der Waals surface area contributed by atoms with Gasteiger partial charge in [0.05, 0.1) is 0 Å². The lowest BCUT2D eigenvalue weighted by molar-refractivity contribution is 1.27. The third-order valence-electron chi connectivity index (χ3n) is 9.43. The zero-order valence-corrected chi connectivity index (χ0v) is 29.6. The summed E-state index contributed by atoms with van der Waals surface area (Å²) in [4.78, 5) is 8.02. The minimum Gasteiger partial charge on any atom is -0.355 e. The van der Waals surface area contributed by atoms with E-state index in [1.807, 2.05) is 42.5 Å². The van der Waals surface area contributed by atoms with E-state index >= 15 is 0 Å². The highest BCUT2D eigenvalue weighted by Gasteiger charge is 2.13. The molecular formula is C49H38BN3. The van der Waals surface area contributed by atoms with E-state index in [1.165, 1.54) is 39.1 Å². The molecule has 1 heterocycles. The molecule has 0 unspecified atom stereocenters. The summed E-state index contributed by atoms with van der Waals surface area (Å²) in [5, 5.41) is 2.34. The average molecular weight is 680 g/mol. The van der Waals surface area contributed by atoms with Gasteiger partial charge in [-0.2, -0.15) is 0 Å². The number of para-hydroxylation sites is 4. The van der Waals surface area contributed by atoms with Crippen molar-refractivity contribution < 1.29 is 0 Å². The quantitative estimate of drug-likeness (QED) is 0.169. The third kappa shape index (κ3) is 7.35. The number of H-pyrrole nitrogens is 1. The van der Waals surface area contributed by atoms with E-state index in [0.29, 0.717) is 0 Å². The Hall–Kier alpha value is -6.78. The van der Waals surface area contributed by atoms with Crippen LogP contribution >= 0.6 is 0 Å². The first kappa shape index (κ1) is 33.4. The number of fused-ring (bicyclic) bond motifs is 3. The van der Waals surface area contributed by atoms with E-state index < -0.39 is 0 Å². The first-order chi connectivity index (χ1) is 26.1. The van der Waals surface area contributed by atoms with Gasteiger partial charge in [-0.05, 0) is 109 Å². The highest BCUT2D eigenvalue weighted by molar-refractivity contribution is 6.33. The van der Waals surface area contributed by atoms with Crippen molar-refractivity contribution in [3.05, 3.63) is 212 Å². The molecule has 0 bridgehead atoms. The fourth-order valence-electron chi connectivity index (χ4n) is 6.79. The number of anilines is 6. The highest BCUT2D eigenvalue weighted by atomic mass is 15.1. The minimum absolute atomic E-state index is 0.778. The van der Waals surface area contributed by atoms with E-state index in [2.05, 4.69) is 185 Å². The maximum Gasteiger partial charge on any atom is 0.113 e. The molecule has 0 aliphatic rings. The van der Waals surface area contributed by atoms with Crippen LogP contribution in [-0.2, 0) is 0 Å². The molecule has 252 valence electrons. The molecule has 0 fully saturated rings. The summed E-state index contributed by atoms with van der Waals surface area (Å²) in [6.45, 7) is 2.11. The van der Waals surface area contributed by atoms with Crippen molar-refractivity contribution in [2.75, 3.05) is 9.80 Å². The van der Waals surface area contributed by atoms with Crippen LogP contribution in [0.3, 0.4) is 0 Å². The Morgan fingerprint density at radius 1 is 0.358 bits per heavy atom. The molecule has 1 N–H and O–H groups in total. The smallest absolute Gasteiger partial charge is 0.113 e. The highest BCUT2D eigenvalue weighted by Crippen LogP contribution is 2.37. The van der Waals surface area contributed by atoms with Crippen molar-refractivity contribution in [2.24, 2.45) is 0 Å². The van der Waals surface area contributed by atoms with Gasteiger partial charge in [0.15, 0.2) is 0 Å². The zero-order chi connectivity index (χ0) is 36.0. The van der Waals surface area contributed by atoms with Crippen LogP contribution in [0, 0.1) is 6.92 Å². The number of hydrogen-bond donors (Lipinski definition) is 1. The fourth-order valence-corrected chi connectivity index (χ4v) is 6.79. The third-order valence-corrected chi connectivity index (χ3v) is 9.43. The monoisotopic (exact) mass is 679 g/mol. The molecule has 0 spiro atoms. The SMILES string of the molecule is Cc1ccc(N(c2ccccc2)c2ccccc2)cc1.[B]c1ccc2[nH]c3ccc(-c4ccc(N(c5ccccc5)c5ccccc5)cc4)cc3c2c1. The molecule has 0 amide bonds. The molecule has 0 atom stereocenters. The van der Waals surface area contributed by atoms with Crippen molar-refractivity contribution in [1.29, 1.82) is 0 Å². The number of aromatic amines is 1. The van der Waals surface area contributed by atoms with Gasteiger partial charge in [-0.3, -0.25) is 0 Å². The molecule has 4 heteroatoms. The molecule has 0 aliphatic carbocycles. The van der Waals surface area contributed by atoms with Crippen LogP contribution < -0.4 is 15.3 Å². The second-order valence-corrected chi connectivity index (χ2v) is 13.1. The van der Waals surface area contributed by atoms with E-state index in [9.17, 15) is 0 Å². The zero-order valence-electron chi connectivity index (χ0n) is 29.6. The number of benzene rings is 8. The number of nitrogens with zero attached hydrogens (tertiary/aromatic N) is 2. The first-order valence-electron chi connectivity index (χ1n) is 17.9. The molecular weight excluding hydrogens is 641 g/mol. The molecule has 3 nitrogen and oxygen atoms in total. The van der Waals surface area contributed by atoms with Gasteiger partial charge in [0.2, 0.25) is 0 Å². The van der Waals surface area contributed by atoms with Crippen molar-refractivity contribution in [3.8, 4) is 11.1 Å². The van der Waals surface area contributed by atoms with E-state index in [-0.39, 0.29) is 0 Å². The Labute approximate surface area is 312 Å². The summed E-state index contributed by atoms with van der Waals surface area (Å²) in [5.74, 6) is 0. The lowest BCUT2D eigenvalue weighted by Crippen LogP contribution is -2.09. The van der Waals surface area contributed by atoms with Gasteiger partial charge in [0.1, 0.15) is 7.85 Å². The van der Waals surface area contributed by atoms with E-state index in [0.717, 1.165) is 38.9 Å². The number of nitrogens with one attached hydrogen (secondary N) is 1. The molecule has 1 aromatic heterocycles. The Bertz CT molecular complexity index is 2470. The topological polar surface area (TPSA) is 22.3 Å². The summed E-state index contributed by atoms with van der Waals surface area (Å²) in [5.41, 5.74) is 13.5. The van der Waals surface area contributed by atoms with Crippen LogP contribution in [0.1, 0.15) is 5.56 Å². The largest absolute Gasteiger partial charge is 0.355 e. The van der Waals surface area contributed by atoms with Gasteiger partial charge < -0.3 is 14.8 Å². The van der Waals surface area contributed by atoms with Crippen molar-refractivity contribution in [2.45, 2.75) is 6.92 Å². The molecule has 9 rings (SSSR count). The summed E-state index contributed by atoms with van der Waals surface area (Å²) >= 11 is 0. The van der Waals surface area contributed by atoms with Gasteiger partial charge in [-0.25, -0.2) is 0 Å². The first-order valence-corrected chi connectivity index (χ1v) is 17.9. The lowest BCUT2D eigenvalue weighted by atomic mass is 9.94. The van der Waals surface area contributed by atoms with Gasteiger partial charge in [-0.15, -0.1) is 0 Å². The number of rotatable bonds is 7. The Kier molecular flexibility index (Phi) is 9.59. The second kappa shape index (κ2) is 15.2. The van der Waals surface area contributed by atoms with Crippen molar-refractivity contribution in [3.63, 3.8) is 0 Å². The average Bonchev–Trinajstić information content (AvgIpc) is 3.58. The molecule has 0 aliphatic heterocycles. The summed E-state index contributed by atoms with van der Waals surface area (Å²) in [6.07, 6.45) is 0. The molecule has 0 saturated heterocycles. The Balaban J connectivity index is 0.000000171. The number of hydrogen-bond acceptors (Lipinski definition) is 2. The second-order valence-electron chi connectivity index (χ2n) is 13.1. The molecule has 2 radical (unpaired) electrons. The van der Waals surface area contributed by atoms with Crippen LogP contribution in [0.15, 0.2) is 206 Å². The standard InChI is InChI=1S/C30H21BN2.C19H17N/c31-23-14-18-30-28(20-23)27-19-22(13-17-29(27)32-30)21-11-15-26(16-12-21)33(24-7-3-1-4-8-24)25-9-5-2-6-10-25;1-16-12-14-19(15-13-16)20(17-8-4-2-5-9-17)18-10-6-3-7-11-18/h1-20,32H;2-15H,1H3. The molecule has 8 aromatic carbocycles. The summed E-state index contributed by atoms with van der Waals surface area (Å²) in [7, 11) is 6.05. The lowest BCUT2D eigenvalue weighted by Gasteiger charge is -2.25. The van der Waals surface area contributed by atoms with E-state index in [1.54, 1.807) is 0 Å². The van der Waals surface area contributed by atoms with Gasteiger partial charge in [0, 0.05) is 55.9 Å². The van der Waals surface area contributed by atoms with Crippen molar-refractivity contribution >= 4 is 69.2 Å². The molecule has 53 heavy (non-hydrogen) atoms. The van der Waals surface area contributed by atoms with Crippen LogP contribution in [0.2, 0.25) is 0 Å².